The molecule has 8 heteroatoms. The first kappa shape index (κ1) is 22.6. The van der Waals surface area contributed by atoms with E-state index < -0.39 is 5.60 Å². The summed E-state index contributed by atoms with van der Waals surface area (Å²) in [4.78, 5) is 18.6. The van der Waals surface area contributed by atoms with Crippen molar-refractivity contribution in [1.29, 1.82) is 0 Å². The molecule has 1 aromatic carbocycles. The van der Waals surface area contributed by atoms with Crippen LogP contribution < -0.4 is 15.5 Å². The van der Waals surface area contributed by atoms with Gasteiger partial charge in [-0.05, 0) is 69.1 Å². The van der Waals surface area contributed by atoms with Crippen LogP contribution in [0.5, 0.6) is 0 Å². The number of likely N-dealkylation sites (N-methyl/N-ethyl adjacent to an activating group) is 1. The zero-order chi connectivity index (χ0) is 23.7. The van der Waals surface area contributed by atoms with Crippen LogP contribution in [0.25, 0.3) is 0 Å². The molecular weight excluding hydrogens is 426 g/mol. The number of hydrogen-bond donors (Lipinski definition) is 3. The van der Waals surface area contributed by atoms with Gasteiger partial charge in [0, 0.05) is 49.3 Å². The Kier molecular flexibility index (Phi) is 6.10. The molecule has 34 heavy (non-hydrogen) atoms. The van der Waals surface area contributed by atoms with E-state index in [1.165, 1.54) is 5.69 Å². The van der Waals surface area contributed by atoms with Crippen LogP contribution in [-0.2, 0) is 12.0 Å². The fourth-order valence-corrected chi connectivity index (χ4v) is 4.67. The number of fused-ring (bicyclic) bond motifs is 1. The van der Waals surface area contributed by atoms with Crippen molar-refractivity contribution in [2.24, 2.45) is 0 Å². The highest BCUT2D eigenvalue weighted by molar-refractivity contribution is 5.62. The minimum atomic E-state index is -0.837. The first-order valence-corrected chi connectivity index (χ1v) is 12.1. The molecule has 0 radical (unpaired) electrons. The van der Waals surface area contributed by atoms with Gasteiger partial charge in [0.2, 0.25) is 5.95 Å². The molecular formula is C26H33N7O. The molecule has 3 aromatic rings. The number of pyridine rings is 1. The van der Waals surface area contributed by atoms with Crippen LogP contribution in [0.1, 0.15) is 36.6 Å². The van der Waals surface area contributed by atoms with Gasteiger partial charge in [-0.3, -0.25) is 0 Å². The van der Waals surface area contributed by atoms with Crippen molar-refractivity contribution < 1.29 is 5.11 Å². The Morgan fingerprint density at radius 2 is 1.76 bits per heavy atom. The molecule has 0 saturated carbocycles. The highest BCUT2D eigenvalue weighted by Gasteiger charge is 2.36. The molecule has 8 nitrogen and oxygen atoms in total. The summed E-state index contributed by atoms with van der Waals surface area (Å²) in [5.41, 5.74) is 4.17. The number of aromatic nitrogens is 3. The number of anilines is 5. The summed E-state index contributed by atoms with van der Waals surface area (Å²) in [5, 5.41) is 17.5. The van der Waals surface area contributed by atoms with Crippen LogP contribution in [-0.4, -0.2) is 58.2 Å². The van der Waals surface area contributed by atoms with Crippen molar-refractivity contribution in [3.05, 3.63) is 59.4 Å². The van der Waals surface area contributed by atoms with E-state index >= 15 is 0 Å². The predicted molar refractivity (Wildman–Crippen MR) is 136 cm³/mol. The second kappa shape index (κ2) is 9.19. The van der Waals surface area contributed by atoms with Crippen molar-refractivity contribution in [3.8, 4) is 0 Å². The summed E-state index contributed by atoms with van der Waals surface area (Å²) < 4.78 is 0. The highest BCUT2D eigenvalue weighted by Crippen LogP contribution is 2.38. The van der Waals surface area contributed by atoms with Crippen molar-refractivity contribution in [2.75, 3.05) is 48.8 Å². The molecule has 1 aliphatic carbocycles. The SMILES string of the molecule is CC[C@@]1(O)CCc2ccc(Nc3nc(Nc4ccc(N5CCN(C)CC5)cc4)ncc3C)nc21. The minimum absolute atomic E-state index is 0.520. The minimum Gasteiger partial charge on any atom is -0.384 e. The fraction of sp³-hybridized carbons (Fsp3) is 0.423. The fourth-order valence-electron chi connectivity index (χ4n) is 4.67. The van der Waals surface area contributed by atoms with Crippen LogP contribution in [0.3, 0.4) is 0 Å². The summed E-state index contributed by atoms with van der Waals surface area (Å²) in [6, 6.07) is 12.4. The lowest BCUT2D eigenvalue weighted by molar-refractivity contribution is 0.0307. The number of aryl methyl sites for hydroxylation is 2. The van der Waals surface area contributed by atoms with Gasteiger partial charge in [0.1, 0.15) is 17.2 Å². The molecule has 178 valence electrons. The van der Waals surface area contributed by atoms with Crippen LogP contribution in [0.4, 0.5) is 29.0 Å². The van der Waals surface area contributed by atoms with E-state index in [2.05, 4.69) is 67.8 Å². The van der Waals surface area contributed by atoms with E-state index in [-0.39, 0.29) is 0 Å². The molecule has 2 aromatic heterocycles. The molecule has 0 bridgehead atoms. The summed E-state index contributed by atoms with van der Waals surface area (Å²) in [5.74, 6) is 1.89. The summed E-state index contributed by atoms with van der Waals surface area (Å²) >= 11 is 0. The van der Waals surface area contributed by atoms with Gasteiger partial charge in [0.05, 0.1) is 5.69 Å². The van der Waals surface area contributed by atoms with Gasteiger partial charge in [-0.2, -0.15) is 4.98 Å². The van der Waals surface area contributed by atoms with Gasteiger partial charge in [-0.15, -0.1) is 0 Å². The Morgan fingerprint density at radius 3 is 2.50 bits per heavy atom. The Hall–Kier alpha value is -3.23. The smallest absolute Gasteiger partial charge is 0.229 e. The van der Waals surface area contributed by atoms with Gasteiger partial charge in [-0.25, -0.2) is 9.97 Å². The molecule has 3 N–H and O–H groups in total. The summed E-state index contributed by atoms with van der Waals surface area (Å²) in [7, 11) is 2.17. The van der Waals surface area contributed by atoms with E-state index in [1.807, 2.05) is 19.9 Å². The Labute approximate surface area is 201 Å². The number of nitrogens with zero attached hydrogens (tertiary/aromatic N) is 5. The third kappa shape index (κ3) is 4.56. The van der Waals surface area contributed by atoms with E-state index in [1.54, 1.807) is 6.20 Å². The molecule has 0 spiro atoms. The lowest BCUT2D eigenvalue weighted by Gasteiger charge is -2.34. The van der Waals surface area contributed by atoms with E-state index in [0.29, 0.717) is 24.0 Å². The van der Waals surface area contributed by atoms with Crippen LogP contribution in [0, 0.1) is 6.92 Å². The zero-order valence-corrected chi connectivity index (χ0v) is 20.2. The Morgan fingerprint density at radius 1 is 1.00 bits per heavy atom. The quantitative estimate of drug-likeness (QED) is 0.510. The molecule has 2 aliphatic rings. The van der Waals surface area contributed by atoms with Crippen molar-refractivity contribution in [3.63, 3.8) is 0 Å². The maximum Gasteiger partial charge on any atom is 0.229 e. The average molecular weight is 460 g/mol. The Bertz CT molecular complexity index is 1160. The average Bonchev–Trinajstić information content (AvgIpc) is 3.19. The van der Waals surface area contributed by atoms with E-state index in [4.69, 9.17) is 4.98 Å². The number of nitrogens with one attached hydrogen (secondary N) is 2. The number of rotatable bonds is 6. The standard InChI is InChI=1S/C26H33N7O/c1-4-26(34)12-11-19-5-10-22(29-23(19)26)30-24-18(2)17-27-25(31-24)28-20-6-8-21(9-7-20)33-15-13-32(3)14-16-33/h5-10,17,34H,4,11-16H2,1-3H3,(H2,27,28,29,30,31)/t26-/m1/s1. The Balaban J connectivity index is 1.30. The first-order chi connectivity index (χ1) is 16.4. The van der Waals surface area contributed by atoms with E-state index in [0.717, 1.165) is 61.5 Å². The van der Waals surface area contributed by atoms with Crippen LogP contribution >= 0.6 is 0 Å². The van der Waals surface area contributed by atoms with Crippen LogP contribution in [0.15, 0.2) is 42.6 Å². The van der Waals surface area contributed by atoms with Gasteiger partial charge in [0.25, 0.3) is 0 Å². The van der Waals surface area contributed by atoms with Gasteiger partial charge >= 0.3 is 0 Å². The molecule has 1 saturated heterocycles. The third-order valence-corrected chi connectivity index (χ3v) is 7.02. The summed E-state index contributed by atoms with van der Waals surface area (Å²) in [6.07, 6.45) is 4.04. The zero-order valence-electron chi connectivity index (χ0n) is 20.2. The van der Waals surface area contributed by atoms with Crippen molar-refractivity contribution >= 4 is 29.0 Å². The molecule has 1 atom stereocenters. The molecule has 3 heterocycles. The normalized spacial score (nSPS) is 20.3. The van der Waals surface area contributed by atoms with Gasteiger partial charge in [0.15, 0.2) is 0 Å². The van der Waals surface area contributed by atoms with Crippen LogP contribution in [0.2, 0.25) is 0 Å². The second-order valence-electron chi connectivity index (χ2n) is 9.40. The largest absolute Gasteiger partial charge is 0.384 e. The van der Waals surface area contributed by atoms with E-state index in [9.17, 15) is 5.11 Å². The van der Waals surface area contributed by atoms with Crippen molar-refractivity contribution in [1.82, 2.24) is 19.9 Å². The predicted octanol–water partition coefficient (Wildman–Crippen LogP) is 3.96. The monoisotopic (exact) mass is 459 g/mol. The number of benzene rings is 1. The van der Waals surface area contributed by atoms with Gasteiger partial charge in [-0.1, -0.05) is 13.0 Å². The highest BCUT2D eigenvalue weighted by atomic mass is 16.3. The lowest BCUT2D eigenvalue weighted by Crippen LogP contribution is -2.44. The summed E-state index contributed by atoms with van der Waals surface area (Å²) in [6.45, 7) is 8.24. The number of piperazine rings is 1. The maximum atomic E-state index is 10.9. The van der Waals surface area contributed by atoms with Crippen molar-refractivity contribution in [2.45, 2.75) is 38.7 Å². The third-order valence-electron chi connectivity index (χ3n) is 7.02. The molecule has 0 amide bonds. The second-order valence-corrected chi connectivity index (χ2v) is 9.40. The lowest BCUT2D eigenvalue weighted by atomic mass is 9.98. The topological polar surface area (TPSA) is 89.4 Å². The number of aliphatic hydroxyl groups is 1. The number of hydrogen-bond acceptors (Lipinski definition) is 8. The maximum absolute atomic E-state index is 10.9. The molecule has 0 unspecified atom stereocenters. The molecule has 5 rings (SSSR count). The molecule has 1 aliphatic heterocycles. The molecule has 1 fully saturated rings. The first-order valence-electron chi connectivity index (χ1n) is 12.1. The van der Waals surface area contributed by atoms with Gasteiger partial charge < -0.3 is 25.5 Å².